The summed E-state index contributed by atoms with van der Waals surface area (Å²) in [5.41, 5.74) is -6.76. The first kappa shape index (κ1) is 23.2. The van der Waals surface area contributed by atoms with Crippen LogP contribution in [0.25, 0.3) is 0 Å². The first-order chi connectivity index (χ1) is 14.7. The van der Waals surface area contributed by atoms with Crippen LogP contribution in [0.5, 0.6) is 0 Å². The predicted molar refractivity (Wildman–Crippen MR) is 110 cm³/mol. The number of hydrogen-bond donors (Lipinski definition) is 2. The summed E-state index contributed by atoms with van der Waals surface area (Å²) < 4.78 is 36.6. The fourth-order valence-electron chi connectivity index (χ4n) is 7.50. The van der Waals surface area contributed by atoms with Crippen molar-refractivity contribution >= 4 is 17.5 Å². The second-order valence-electron chi connectivity index (χ2n) is 10.5. The number of rotatable bonds is 3. The number of Topliss-reactive ketones (excluding diaryl/α,β-unsaturated/α-hetero) is 1. The van der Waals surface area contributed by atoms with Crippen molar-refractivity contribution < 1.29 is 38.1 Å². The van der Waals surface area contributed by atoms with Crippen LogP contribution >= 0.6 is 0 Å². The molecule has 3 saturated carbocycles. The Morgan fingerprint density at radius 1 is 1.28 bits per heavy atom. The summed E-state index contributed by atoms with van der Waals surface area (Å²) in [4.78, 5) is 36.1. The van der Waals surface area contributed by atoms with Gasteiger partial charge < -0.3 is 14.9 Å². The number of aliphatic hydroxyl groups excluding tert-OH is 1. The number of alkyl halides is 1. The lowest BCUT2D eigenvalue weighted by molar-refractivity contribution is -0.220. The van der Waals surface area contributed by atoms with Crippen molar-refractivity contribution in [1.29, 1.82) is 0 Å². The topological polar surface area (TPSA) is 101 Å². The van der Waals surface area contributed by atoms with Gasteiger partial charge in [-0.15, -0.1) is 0 Å². The van der Waals surface area contributed by atoms with E-state index in [0.717, 1.165) is 13.0 Å². The van der Waals surface area contributed by atoms with Gasteiger partial charge in [-0.1, -0.05) is 19.9 Å². The number of fused-ring (bicyclic) bond motifs is 5. The Balaban J connectivity index is 1.78. The summed E-state index contributed by atoms with van der Waals surface area (Å²) in [6.07, 6.45) is 1.25. The van der Waals surface area contributed by atoms with Gasteiger partial charge >= 0.3 is 5.97 Å². The van der Waals surface area contributed by atoms with Gasteiger partial charge in [-0.3, -0.25) is 14.4 Å². The number of carbonyl (C=O) groups excluding carboxylic acids is 3. The van der Waals surface area contributed by atoms with Gasteiger partial charge in [0, 0.05) is 23.7 Å². The summed E-state index contributed by atoms with van der Waals surface area (Å²) in [6, 6.07) is 0. The maximum absolute atomic E-state index is 17.0. The molecule has 0 heterocycles. The largest absolute Gasteiger partial charge is 0.458 e. The van der Waals surface area contributed by atoms with Gasteiger partial charge in [0.05, 0.1) is 6.10 Å². The van der Waals surface area contributed by atoms with E-state index < -0.39 is 75.9 Å². The summed E-state index contributed by atoms with van der Waals surface area (Å²) in [5.74, 6) is -4.85. The highest BCUT2D eigenvalue weighted by atomic mass is 19.1. The van der Waals surface area contributed by atoms with Crippen LogP contribution in [0, 0.1) is 28.6 Å². The lowest BCUT2D eigenvalue weighted by Gasteiger charge is -2.62. The normalized spacial score (nSPS) is 47.6. The quantitative estimate of drug-likeness (QED) is 0.639. The molecule has 0 bridgehead atoms. The second-order valence-corrected chi connectivity index (χ2v) is 10.5. The molecule has 0 spiro atoms. The number of aliphatic hydroxyl groups is 2. The number of carbonyl (C=O) groups is 3. The Hall–Kier alpha value is -1.93. The standard InChI is InChI=1S/C24H30F2O6/c1-12-9-16-14-5-6-15-20(25)17(28)7-8-21(15,3)23(14,26)18(29)10-22(16,4)24(12,31)19(30)11-32-13(2)27/h7-8,12,14,16,18,29,31H,5-6,9-11H2,1-4H3/t12-,14+,16+,18+,21+,22+,23+,24+/m1/s1. The maximum atomic E-state index is 17.0. The van der Waals surface area contributed by atoms with Crippen LogP contribution < -0.4 is 0 Å². The third kappa shape index (κ3) is 2.59. The third-order valence-corrected chi connectivity index (χ3v) is 9.15. The summed E-state index contributed by atoms with van der Waals surface area (Å²) >= 11 is 0. The molecule has 0 aliphatic heterocycles. The van der Waals surface area contributed by atoms with Crippen LogP contribution in [0.4, 0.5) is 8.78 Å². The van der Waals surface area contributed by atoms with Crippen molar-refractivity contribution in [2.75, 3.05) is 6.61 Å². The zero-order valence-electron chi connectivity index (χ0n) is 18.8. The minimum atomic E-state index is -2.26. The van der Waals surface area contributed by atoms with E-state index in [4.69, 9.17) is 4.74 Å². The van der Waals surface area contributed by atoms with E-state index in [9.17, 15) is 29.0 Å². The molecule has 4 aliphatic carbocycles. The minimum Gasteiger partial charge on any atom is -0.458 e. The molecule has 3 fully saturated rings. The summed E-state index contributed by atoms with van der Waals surface area (Å²) in [7, 11) is 0. The van der Waals surface area contributed by atoms with E-state index in [1.54, 1.807) is 13.8 Å². The van der Waals surface area contributed by atoms with Crippen LogP contribution in [-0.2, 0) is 19.1 Å². The molecule has 0 aromatic carbocycles. The van der Waals surface area contributed by atoms with E-state index in [1.807, 2.05) is 0 Å². The molecule has 6 nitrogen and oxygen atoms in total. The van der Waals surface area contributed by atoms with Gasteiger partial charge in [0.1, 0.15) is 5.60 Å². The number of hydrogen-bond acceptors (Lipinski definition) is 6. The molecule has 176 valence electrons. The molecule has 0 amide bonds. The van der Waals surface area contributed by atoms with Crippen molar-refractivity contribution in [2.24, 2.45) is 28.6 Å². The number of allylic oxidation sites excluding steroid dienone is 4. The van der Waals surface area contributed by atoms with Crippen molar-refractivity contribution in [2.45, 2.75) is 70.8 Å². The molecule has 0 aromatic rings. The zero-order chi connectivity index (χ0) is 23.9. The highest BCUT2D eigenvalue weighted by Crippen LogP contribution is 2.71. The average molecular weight is 452 g/mol. The molecule has 2 N–H and O–H groups in total. The molecular formula is C24H30F2O6. The first-order valence-electron chi connectivity index (χ1n) is 11.1. The van der Waals surface area contributed by atoms with Crippen molar-refractivity contribution in [3.05, 3.63) is 23.6 Å². The number of esters is 1. The number of ether oxygens (including phenoxy) is 1. The molecule has 0 unspecified atom stereocenters. The molecule has 4 rings (SSSR count). The zero-order valence-corrected chi connectivity index (χ0v) is 18.8. The summed E-state index contributed by atoms with van der Waals surface area (Å²) in [5, 5.41) is 22.9. The Morgan fingerprint density at radius 2 is 1.94 bits per heavy atom. The Labute approximate surface area is 185 Å². The fraction of sp³-hybridized carbons (Fsp3) is 0.708. The van der Waals surface area contributed by atoms with Gasteiger partial charge in [-0.05, 0) is 56.1 Å². The monoisotopic (exact) mass is 452 g/mol. The van der Waals surface area contributed by atoms with Gasteiger partial charge in [-0.2, -0.15) is 0 Å². The summed E-state index contributed by atoms with van der Waals surface area (Å²) in [6.45, 7) is 5.47. The smallest absolute Gasteiger partial charge is 0.303 e. The van der Waals surface area contributed by atoms with Crippen molar-refractivity contribution in [3.8, 4) is 0 Å². The second kappa shape index (κ2) is 7.03. The van der Waals surface area contributed by atoms with Crippen LogP contribution in [0.15, 0.2) is 23.6 Å². The molecule has 0 aromatic heterocycles. The van der Waals surface area contributed by atoms with Gasteiger partial charge in [-0.25, -0.2) is 8.78 Å². The highest BCUT2D eigenvalue weighted by molar-refractivity contribution is 6.04. The molecule has 0 saturated heterocycles. The van der Waals surface area contributed by atoms with E-state index >= 15 is 4.39 Å². The molecule has 0 radical (unpaired) electrons. The molecule has 8 heteroatoms. The Bertz CT molecular complexity index is 958. The van der Waals surface area contributed by atoms with Gasteiger partial charge in [0.2, 0.25) is 11.6 Å². The molecule has 32 heavy (non-hydrogen) atoms. The predicted octanol–water partition coefficient (Wildman–Crippen LogP) is 2.76. The third-order valence-electron chi connectivity index (χ3n) is 9.15. The van der Waals surface area contributed by atoms with Gasteiger partial charge in [0.25, 0.3) is 0 Å². The molecule has 8 atom stereocenters. The van der Waals surface area contributed by atoms with Crippen LogP contribution in [0.2, 0.25) is 0 Å². The Morgan fingerprint density at radius 3 is 2.56 bits per heavy atom. The van der Waals surface area contributed by atoms with Gasteiger partial charge in [0.15, 0.2) is 18.1 Å². The maximum Gasteiger partial charge on any atom is 0.303 e. The lowest BCUT2D eigenvalue weighted by atomic mass is 9.44. The Kier molecular flexibility index (Phi) is 5.11. The van der Waals surface area contributed by atoms with Crippen LogP contribution in [0.1, 0.15) is 53.4 Å². The molecular weight excluding hydrogens is 422 g/mol. The van der Waals surface area contributed by atoms with E-state index in [-0.39, 0.29) is 24.8 Å². The average Bonchev–Trinajstić information content (AvgIpc) is 2.92. The van der Waals surface area contributed by atoms with Crippen LogP contribution in [0.3, 0.4) is 0 Å². The fourth-order valence-corrected chi connectivity index (χ4v) is 7.50. The molecule has 4 aliphatic rings. The highest BCUT2D eigenvalue weighted by Gasteiger charge is 2.75. The van der Waals surface area contributed by atoms with E-state index in [2.05, 4.69) is 0 Å². The first-order valence-corrected chi connectivity index (χ1v) is 11.1. The number of ketones is 2. The minimum absolute atomic E-state index is 0.0682. The lowest BCUT2D eigenvalue weighted by Crippen LogP contribution is -2.69. The SMILES string of the molecule is CC(=O)OCC(=O)[C@@]1(O)[C@H](C)C[C@H]2[C@@H]3CCC4=C(F)C(=O)C=C[C@]4(C)[C@@]3(F)[C@@H](O)C[C@@]21C. The van der Waals surface area contributed by atoms with Crippen molar-refractivity contribution in [1.82, 2.24) is 0 Å². The van der Waals surface area contributed by atoms with E-state index in [1.165, 1.54) is 13.0 Å². The van der Waals surface area contributed by atoms with Crippen molar-refractivity contribution in [3.63, 3.8) is 0 Å². The van der Waals surface area contributed by atoms with E-state index in [0.29, 0.717) is 6.42 Å². The number of halogens is 2. The van der Waals surface area contributed by atoms with Crippen LogP contribution in [-0.4, -0.2) is 51.7 Å².